The van der Waals surface area contributed by atoms with Crippen LogP contribution in [0.3, 0.4) is 0 Å². The predicted molar refractivity (Wildman–Crippen MR) is 102 cm³/mol. The molecule has 0 aliphatic rings. The summed E-state index contributed by atoms with van der Waals surface area (Å²) in [6.07, 6.45) is -1.70. The minimum absolute atomic E-state index is 0.0635. The van der Waals surface area contributed by atoms with Crippen LogP contribution >= 0.6 is 19.8 Å². The van der Waals surface area contributed by atoms with Crippen molar-refractivity contribution in [3.05, 3.63) is 0 Å². The molecule has 27 heavy (non-hydrogen) atoms. The topological polar surface area (TPSA) is 89.9 Å². The van der Waals surface area contributed by atoms with Crippen molar-refractivity contribution in [2.75, 3.05) is 34.1 Å². The molecule has 0 saturated carbocycles. The number of alkyl halides is 7. The van der Waals surface area contributed by atoms with Gasteiger partial charge in [-0.05, 0) is 0 Å². The molecule has 0 heterocycles. The van der Waals surface area contributed by atoms with Gasteiger partial charge < -0.3 is 0 Å². The third-order valence-corrected chi connectivity index (χ3v) is 7.73. The van der Waals surface area contributed by atoms with Crippen LogP contribution in [0.5, 0.6) is 0 Å². The molecule has 0 saturated heterocycles. The summed E-state index contributed by atoms with van der Waals surface area (Å²) >= 11 is -1.10. The van der Waals surface area contributed by atoms with Crippen molar-refractivity contribution in [2.24, 2.45) is 5.41 Å². The van der Waals surface area contributed by atoms with Crippen LogP contribution in [0.2, 0.25) is 0 Å². The molecule has 1 N–H and O–H groups in total. The number of hydrogen-bond acceptors (Lipinski definition) is 5. The van der Waals surface area contributed by atoms with Gasteiger partial charge in [0, 0.05) is 0 Å². The Hall–Kier alpha value is -0.210. The summed E-state index contributed by atoms with van der Waals surface area (Å²) < 4.78 is 92.2. The van der Waals surface area contributed by atoms with E-state index in [2.05, 4.69) is 9.86 Å². The molecule has 0 spiro atoms. The molecule has 0 atom stereocenters. The van der Waals surface area contributed by atoms with Crippen LogP contribution in [0.15, 0.2) is 0 Å². The Kier molecular flexibility index (Phi) is 10.5. The standard InChI is InChI=1S/C15H27F4IO6S/c1-13(2,11-20(3)4)12(21)26-10-6-9-25-8-5-7-14(16,17)15(18,19)27(22,23)24/h5-11H2,1-4H3,(H,22,23,24). The first kappa shape index (κ1) is 26.8. The number of hydrogen-bond donors (Lipinski definition) is 1. The first-order valence-electron chi connectivity index (χ1n) is 7.98. The van der Waals surface area contributed by atoms with E-state index in [0.29, 0.717) is 6.42 Å². The maximum atomic E-state index is 13.2. The molecule has 12 heteroatoms. The molecule has 0 aromatic rings. The first-order chi connectivity index (χ1) is 12.0. The fraction of sp³-hybridized carbons (Fsp3) is 0.933. The van der Waals surface area contributed by atoms with Gasteiger partial charge in [0.15, 0.2) is 0 Å². The van der Waals surface area contributed by atoms with Gasteiger partial charge in [-0.2, -0.15) is 26.0 Å². The van der Waals surface area contributed by atoms with Crippen molar-refractivity contribution < 1.29 is 44.8 Å². The normalized spacial score (nSPS) is 14.2. The summed E-state index contributed by atoms with van der Waals surface area (Å²) in [7, 11) is -6.21. The fourth-order valence-electron chi connectivity index (χ4n) is 2.08. The Morgan fingerprint density at radius 2 is 1.56 bits per heavy atom. The quantitative estimate of drug-likeness (QED) is 0.0963. The molecular weight excluding hydrogens is 511 g/mol. The molecule has 164 valence electrons. The third kappa shape index (κ3) is 8.77. The molecule has 0 bridgehead atoms. The maximum absolute atomic E-state index is 13.2. The second-order valence-electron chi connectivity index (χ2n) is 6.83. The summed E-state index contributed by atoms with van der Waals surface area (Å²) in [6, 6.07) is 0. The van der Waals surface area contributed by atoms with Gasteiger partial charge in [0.25, 0.3) is 0 Å². The zero-order chi connectivity index (χ0) is 21.5. The van der Waals surface area contributed by atoms with Gasteiger partial charge in [-0.1, -0.05) is 0 Å². The number of carbonyl (C=O) groups excluding carboxylic acids is 1. The Balaban J connectivity index is 4.05. The van der Waals surface area contributed by atoms with Gasteiger partial charge in [0.1, 0.15) is 0 Å². The van der Waals surface area contributed by atoms with E-state index >= 15 is 0 Å². The zero-order valence-corrected chi connectivity index (χ0v) is 18.7. The van der Waals surface area contributed by atoms with Crippen molar-refractivity contribution in [1.29, 1.82) is 0 Å². The molecule has 0 amide bonds. The predicted octanol–water partition coefficient (Wildman–Crippen LogP) is 3.62. The monoisotopic (exact) mass is 538 g/mol. The fourth-order valence-corrected chi connectivity index (χ4v) is 6.68. The van der Waals surface area contributed by atoms with E-state index in [1.165, 1.54) is 0 Å². The smallest absolute Gasteiger partial charge is 0.281 e. The molecule has 0 aliphatic heterocycles. The molecule has 0 aromatic heterocycles. The van der Waals surface area contributed by atoms with Crippen molar-refractivity contribution in [1.82, 2.24) is 0 Å². The minimum atomic E-state index is -6.21. The number of carbonyl (C=O) groups is 1. The molecule has 0 rings (SSSR count). The number of ether oxygens (including phenoxy) is 2. The number of halogens is 5. The summed E-state index contributed by atoms with van der Waals surface area (Å²) in [4.78, 5) is 16.2. The van der Waals surface area contributed by atoms with Crippen LogP contribution in [0, 0.1) is 5.41 Å². The van der Waals surface area contributed by atoms with Crippen LogP contribution in [-0.4, -0.2) is 64.2 Å². The molecule has 0 unspecified atom stereocenters. The van der Waals surface area contributed by atoms with Crippen LogP contribution in [0.25, 0.3) is 0 Å². The Bertz CT molecular complexity index is 581. The molecule has 0 radical (unpaired) electrons. The number of rotatable bonds is 13. The second-order valence-corrected chi connectivity index (χ2v) is 14.3. The van der Waals surface area contributed by atoms with Crippen LogP contribution in [0.1, 0.15) is 33.1 Å². The van der Waals surface area contributed by atoms with Gasteiger partial charge in [-0.3, -0.25) is 4.55 Å². The Morgan fingerprint density at radius 3 is 2.04 bits per heavy atom. The first-order valence-corrected chi connectivity index (χ1v) is 15.3. The van der Waals surface area contributed by atoms with Crippen LogP contribution in [-0.2, 0) is 24.4 Å². The summed E-state index contributed by atoms with van der Waals surface area (Å²) in [5.74, 6) is -5.23. The van der Waals surface area contributed by atoms with E-state index in [9.17, 15) is 30.8 Å². The van der Waals surface area contributed by atoms with Gasteiger partial charge >= 0.3 is 134 Å². The van der Waals surface area contributed by atoms with E-state index < -0.39 is 59.4 Å². The zero-order valence-electron chi connectivity index (χ0n) is 15.7. The van der Waals surface area contributed by atoms with Gasteiger partial charge in [-0.25, -0.2) is 0 Å². The molecular formula is C15H27F4IO6S. The third-order valence-electron chi connectivity index (χ3n) is 3.35. The second kappa shape index (κ2) is 10.5. The number of esters is 1. The van der Waals surface area contributed by atoms with E-state index in [0.717, 1.165) is 4.43 Å². The summed E-state index contributed by atoms with van der Waals surface area (Å²) in [5.41, 5.74) is -0.556. The van der Waals surface area contributed by atoms with Crippen LogP contribution in [0.4, 0.5) is 17.6 Å². The summed E-state index contributed by atoms with van der Waals surface area (Å²) in [5, 5.41) is -5.56. The SMILES string of the molecule is CI(C)CC(C)(C)C(=O)OCCCOCCCC(F)(F)C(F)(F)S(=O)(=O)O. The van der Waals surface area contributed by atoms with Crippen molar-refractivity contribution >= 4 is 35.9 Å². The summed E-state index contributed by atoms with van der Waals surface area (Å²) in [6.45, 7) is 3.46. The average Bonchev–Trinajstić information content (AvgIpc) is 2.46. The van der Waals surface area contributed by atoms with E-state index in [-0.39, 0.29) is 25.8 Å². The Morgan fingerprint density at radius 1 is 1.04 bits per heavy atom. The van der Waals surface area contributed by atoms with Crippen molar-refractivity contribution in [3.8, 4) is 0 Å². The molecule has 0 fully saturated rings. The van der Waals surface area contributed by atoms with E-state index in [1.807, 2.05) is 13.8 Å². The minimum Gasteiger partial charge on any atom is -0.281 e. The molecule has 0 aliphatic carbocycles. The van der Waals surface area contributed by atoms with Gasteiger partial charge in [0.2, 0.25) is 0 Å². The van der Waals surface area contributed by atoms with Crippen molar-refractivity contribution in [3.63, 3.8) is 0 Å². The average molecular weight is 538 g/mol. The van der Waals surface area contributed by atoms with Crippen LogP contribution < -0.4 is 0 Å². The van der Waals surface area contributed by atoms with E-state index in [4.69, 9.17) is 14.0 Å². The van der Waals surface area contributed by atoms with E-state index in [1.54, 1.807) is 0 Å². The Labute approximate surface area is 164 Å². The molecule has 0 aromatic carbocycles. The van der Waals surface area contributed by atoms with Gasteiger partial charge in [-0.15, -0.1) is 0 Å². The molecule has 6 nitrogen and oxygen atoms in total. The van der Waals surface area contributed by atoms with Gasteiger partial charge in [0.05, 0.1) is 0 Å². The van der Waals surface area contributed by atoms with Crippen molar-refractivity contribution in [2.45, 2.75) is 44.3 Å².